The van der Waals surface area contributed by atoms with E-state index in [9.17, 15) is 0 Å². The van der Waals surface area contributed by atoms with Crippen LogP contribution in [0, 0.1) is 0 Å². The van der Waals surface area contributed by atoms with E-state index in [1.54, 1.807) is 0 Å². The Morgan fingerprint density at radius 3 is 2.62 bits per heavy atom. The third kappa shape index (κ3) is 2.68. The lowest BCUT2D eigenvalue weighted by Crippen LogP contribution is -2.26. The third-order valence-corrected chi connectivity index (χ3v) is 2.42. The van der Waals surface area contributed by atoms with Crippen LogP contribution in [-0.2, 0) is 0 Å². The molecule has 2 nitrogen and oxygen atoms in total. The first-order chi connectivity index (χ1) is 5.97. The first-order valence-electron chi connectivity index (χ1n) is 4.60. The first kappa shape index (κ1) is 10.5. The molecule has 3 heteroatoms. The van der Waals surface area contributed by atoms with E-state index < -0.39 is 0 Å². The Bertz CT molecular complexity index is 232. The van der Waals surface area contributed by atoms with E-state index in [-0.39, 0.29) is 12.4 Å². The molecule has 1 aliphatic heterocycles. The maximum Gasteiger partial charge on any atom is 0.0321 e. The normalized spacial score (nSPS) is 22.0. The largest absolute Gasteiger partial charge is 0.310 e. The molecule has 2 rings (SSSR count). The second-order valence-corrected chi connectivity index (χ2v) is 3.28. The maximum atomic E-state index is 4.01. The van der Waals surface area contributed by atoms with Gasteiger partial charge in [0.25, 0.3) is 0 Å². The molecule has 1 aromatic rings. The molecule has 0 aromatic carbocycles. The van der Waals surface area contributed by atoms with Crippen molar-refractivity contribution >= 4 is 12.4 Å². The maximum absolute atomic E-state index is 4.01. The van der Waals surface area contributed by atoms with Gasteiger partial charge in [0.15, 0.2) is 0 Å². The molecule has 0 bridgehead atoms. The van der Waals surface area contributed by atoms with Gasteiger partial charge in [-0.3, -0.25) is 4.98 Å². The van der Waals surface area contributed by atoms with Crippen LogP contribution in [0.3, 0.4) is 0 Å². The van der Waals surface area contributed by atoms with E-state index in [0.717, 1.165) is 6.54 Å². The minimum absolute atomic E-state index is 0. The van der Waals surface area contributed by atoms with Gasteiger partial charge in [0.2, 0.25) is 0 Å². The monoisotopic (exact) mass is 198 g/mol. The van der Waals surface area contributed by atoms with Gasteiger partial charge >= 0.3 is 0 Å². The van der Waals surface area contributed by atoms with Crippen LogP contribution in [-0.4, -0.2) is 11.5 Å². The van der Waals surface area contributed by atoms with Gasteiger partial charge in [-0.05, 0) is 37.1 Å². The summed E-state index contributed by atoms with van der Waals surface area (Å²) in [6, 6.07) is 4.77. The van der Waals surface area contributed by atoms with Crippen molar-refractivity contribution in [3.63, 3.8) is 0 Å². The van der Waals surface area contributed by atoms with Gasteiger partial charge in [-0.25, -0.2) is 0 Å². The van der Waals surface area contributed by atoms with Crippen molar-refractivity contribution < 1.29 is 0 Å². The standard InChI is InChI=1S/C10H14N2.ClH/c1-2-6-12-10(3-1)9-4-7-11-8-5-9;/h4-5,7-8,10,12H,1-3,6H2;1H. The van der Waals surface area contributed by atoms with Gasteiger partial charge < -0.3 is 5.32 Å². The topological polar surface area (TPSA) is 24.9 Å². The zero-order valence-corrected chi connectivity index (χ0v) is 8.39. The van der Waals surface area contributed by atoms with Gasteiger partial charge in [0.1, 0.15) is 0 Å². The molecule has 1 aliphatic rings. The molecule has 0 radical (unpaired) electrons. The molecule has 0 spiro atoms. The summed E-state index contributed by atoms with van der Waals surface area (Å²) >= 11 is 0. The number of rotatable bonds is 1. The van der Waals surface area contributed by atoms with Crippen LogP contribution >= 0.6 is 12.4 Å². The van der Waals surface area contributed by atoms with E-state index in [4.69, 9.17) is 0 Å². The van der Waals surface area contributed by atoms with Crippen LogP contribution in [0.15, 0.2) is 24.5 Å². The Morgan fingerprint density at radius 1 is 1.23 bits per heavy atom. The average Bonchev–Trinajstić information content (AvgIpc) is 2.21. The number of nitrogens with zero attached hydrogens (tertiary/aromatic N) is 1. The predicted molar refractivity (Wildman–Crippen MR) is 56.1 cm³/mol. The molecule has 0 amide bonds. The van der Waals surface area contributed by atoms with Gasteiger partial charge in [-0.1, -0.05) is 6.42 Å². The highest BCUT2D eigenvalue weighted by molar-refractivity contribution is 5.85. The quantitative estimate of drug-likeness (QED) is 0.749. The predicted octanol–water partition coefficient (Wildman–Crippen LogP) is 2.32. The Kier molecular flexibility index (Phi) is 4.19. The van der Waals surface area contributed by atoms with E-state index in [1.165, 1.54) is 24.8 Å². The number of hydrogen-bond acceptors (Lipinski definition) is 2. The molecular formula is C10H15ClN2. The molecular weight excluding hydrogens is 184 g/mol. The lowest BCUT2D eigenvalue weighted by Gasteiger charge is -2.23. The smallest absolute Gasteiger partial charge is 0.0321 e. The fourth-order valence-corrected chi connectivity index (χ4v) is 1.73. The van der Waals surface area contributed by atoms with Crippen LogP contribution in [0.5, 0.6) is 0 Å². The molecule has 0 saturated carbocycles. The van der Waals surface area contributed by atoms with Crippen molar-refractivity contribution in [1.29, 1.82) is 0 Å². The van der Waals surface area contributed by atoms with E-state index >= 15 is 0 Å². The summed E-state index contributed by atoms with van der Waals surface area (Å²) in [6.45, 7) is 1.16. The highest BCUT2D eigenvalue weighted by atomic mass is 35.5. The third-order valence-electron chi connectivity index (χ3n) is 2.42. The summed E-state index contributed by atoms with van der Waals surface area (Å²) in [7, 11) is 0. The second-order valence-electron chi connectivity index (χ2n) is 3.28. The molecule has 72 valence electrons. The summed E-state index contributed by atoms with van der Waals surface area (Å²) in [6.07, 6.45) is 7.67. The van der Waals surface area contributed by atoms with Gasteiger partial charge in [0.05, 0.1) is 0 Å². The number of pyridine rings is 1. The Morgan fingerprint density at radius 2 is 2.00 bits per heavy atom. The lowest BCUT2D eigenvalue weighted by molar-refractivity contribution is 0.412. The molecule has 1 saturated heterocycles. The number of hydrogen-bond donors (Lipinski definition) is 1. The summed E-state index contributed by atoms with van der Waals surface area (Å²) in [4.78, 5) is 4.01. The van der Waals surface area contributed by atoms with Crippen LogP contribution < -0.4 is 5.32 Å². The van der Waals surface area contributed by atoms with Crippen LogP contribution in [0.25, 0.3) is 0 Å². The van der Waals surface area contributed by atoms with Gasteiger partial charge in [0, 0.05) is 18.4 Å². The molecule has 13 heavy (non-hydrogen) atoms. The Labute approximate surface area is 85.2 Å². The summed E-state index contributed by atoms with van der Waals surface area (Å²) in [5.74, 6) is 0. The molecule has 2 heterocycles. The first-order valence-corrected chi connectivity index (χ1v) is 4.60. The summed E-state index contributed by atoms with van der Waals surface area (Å²) in [5, 5.41) is 3.51. The van der Waals surface area contributed by atoms with Crippen molar-refractivity contribution in [2.24, 2.45) is 0 Å². The highest BCUT2D eigenvalue weighted by Crippen LogP contribution is 2.21. The number of nitrogens with one attached hydrogen (secondary N) is 1. The molecule has 1 N–H and O–H groups in total. The number of halogens is 1. The van der Waals surface area contributed by atoms with Crippen LogP contribution in [0.4, 0.5) is 0 Å². The highest BCUT2D eigenvalue weighted by Gasteiger charge is 2.13. The minimum atomic E-state index is 0. The van der Waals surface area contributed by atoms with Crippen molar-refractivity contribution in [2.75, 3.05) is 6.54 Å². The van der Waals surface area contributed by atoms with Crippen LogP contribution in [0.2, 0.25) is 0 Å². The second kappa shape index (κ2) is 5.20. The van der Waals surface area contributed by atoms with Crippen molar-refractivity contribution in [2.45, 2.75) is 25.3 Å². The van der Waals surface area contributed by atoms with Gasteiger partial charge in [-0.2, -0.15) is 0 Å². The fourth-order valence-electron chi connectivity index (χ4n) is 1.73. The molecule has 0 aliphatic carbocycles. The molecule has 1 aromatic heterocycles. The fraction of sp³-hybridized carbons (Fsp3) is 0.500. The molecule has 1 atom stereocenters. The lowest BCUT2D eigenvalue weighted by atomic mass is 9.99. The summed E-state index contributed by atoms with van der Waals surface area (Å²) in [5.41, 5.74) is 1.38. The number of piperidine rings is 1. The Balaban J connectivity index is 0.000000845. The zero-order chi connectivity index (χ0) is 8.23. The minimum Gasteiger partial charge on any atom is -0.310 e. The summed E-state index contributed by atoms with van der Waals surface area (Å²) < 4.78 is 0. The van der Waals surface area contributed by atoms with Crippen molar-refractivity contribution in [3.05, 3.63) is 30.1 Å². The Hall–Kier alpha value is -0.600. The van der Waals surface area contributed by atoms with E-state index in [0.29, 0.717) is 6.04 Å². The number of aromatic nitrogens is 1. The molecule has 1 fully saturated rings. The molecule has 1 unspecified atom stereocenters. The van der Waals surface area contributed by atoms with Crippen LogP contribution in [0.1, 0.15) is 30.9 Å². The zero-order valence-electron chi connectivity index (χ0n) is 7.57. The van der Waals surface area contributed by atoms with Gasteiger partial charge in [-0.15, -0.1) is 12.4 Å². The van der Waals surface area contributed by atoms with Crippen molar-refractivity contribution in [1.82, 2.24) is 10.3 Å². The van der Waals surface area contributed by atoms with E-state index in [2.05, 4.69) is 22.4 Å². The van der Waals surface area contributed by atoms with E-state index in [1.807, 2.05) is 12.4 Å². The average molecular weight is 199 g/mol. The SMILES string of the molecule is Cl.c1cc(C2CCCCN2)ccn1. The van der Waals surface area contributed by atoms with Crippen molar-refractivity contribution in [3.8, 4) is 0 Å².